The van der Waals surface area contributed by atoms with E-state index < -0.39 is 0 Å². The van der Waals surface area contributed by atoms with Crippen LogP contribution in [-0.4, -0.2) is 12.6 Å². The summed E-state index contributed by atoms with van der Waals surface area (Å²) in [5.74, 6) is 0.411. The van der Waals surface area contributed by atoms with Crippen molar-refractivity contribution in [1.82, 2.24) is 0 Å². The zero-order valence-corrected chi connectivity index (χ0v) is 10.7. The molecule has 0 unspecified atom stereocenters. The Labute approximate surface area is 93.7 Å². The molecule has 0 aromatic carbocycles. The van der Waals surface area contributed by atoms with Gasteiger partial charge in [-0.25, -0.2) is 4.79 Å². The molecule has 0 fully saturated rings. The smallest absolute Gasteiger partial charge is 0.333 e. The number of esters is 1. The van der Waals surface area contributed by atoms with Crippen molar-refractivity contribution in [3.05, 3.63) is 12.2 Å². The standard InChI is InChI=1S/C13H24O2/c1-10(2)7-8-13(5,6)9-15-12(14)11(3)4/h10H,3,7-9H2,1-2,4-6H3. The van der Waals surface area contributed by atoms with E-state index in [9.17, 15) is 4.79 Å². The second-order valence-corrected chi connectivity index (χ2v) is 5.45. The fourth-order valence-electron chi connectivity index (χ4n) is 1.14. The lowest BCUT2D eigenvalue weighted by atomic mass is 9.86. The van der Waals surface area contributed by atoms with E-state index in [1.54, 1.807) is 6.92 Å². The van der Waals surface area contributed by atoms with Gasteiger partial charge in [-0.15, -0.1) is 0 Å². The van der Waals surface area contributed by atoms with Gasteiger partial charge in [0, 0.05) is 5.57 Å². The van der Waals surface area contributed by atoms with Gasteiger partial charge < -0.3 is 4.74 Å². The Balaban J connectivity index is 3.93. The van der Waals surface area contributed by atoms with E-state index in [1.807, 2.05) is 0 Å². The first kappa shape index (κ1) is 14.2. The van der Waals surface area contributed by atoms with Gasteiger partial charge in [0.2, 0.25) is 0 Å². The number of hydrogen-bond acceptors (Lipinski definition) is 2. The van der Waals surface area contributed by atoms with Crippen LogP contribution in [0.1, 0.15) is 47.5 Å². The summed E-state index contributed by atoms with van der Waals surface area (Å²) in [6, 6.07) is 0. The highest BCUT2D eigenvalue weighted by Gasteiger charge is 2.20. The van der Waals surface area contributed by atoms with Crippen LogP contribution in [0.2, 0.25) is 0 Å². The summed E-state index contributed by atoms with van der Waals surface area (Å²) in [5.41, 5.74) is 0.532. The minimum Gasteiger partial charge on any atom is -0.462 e. The summed E-state index contributed by atoms with van der Waals surface area (Å²) in [6.45, 7) is 14.4. The Bertz CT molecular complexity index is 227. The van der Waals surface area contributed by atoms with Gasteiger partial charge >= 0.3 is 5.97 Å². The fourth-order valence-corrected chi connectivity index (χ4v) is 1.14. The quantitative estimate of drug-likeness (QED) is 0.497. The molecule has 15 heavy (non-hydrogen) atoms. The van der Waals surface area contributed by atoms with Crippen molar-refractivity contribution < 1.29 is 9.53 Å². The summed E-state index contributed by atoms with van der Waals surface area (Å²) in [4.78, 5) is 11.2. The average Bonchev–Trinajstić information content (AvgIpc) is 2.11. The number of ether oxygens (including phenoxy) is 1. The number of hydrogen-bond donors (Lipinski definition) is 0. The van der Waals surface area contributed by atoms with Crippen molar-refractivity contribution in [3.8, 4) is 0 Å². The van der Waals surface area contributed by atoms with Crippen molar-refractivity contribution in [2.45, 2.75) is 47.5 Å². The summed E-state index contributed by atoms with van der Waals surface area (Å²) >= 11 is 0. The third-order valence-electron chi connectivity index (χ3n) is 2.34. The van der Waals surface area contributed by atoms with Crippen LogP contribution in [0.25, 0.3) is 0 Å². The van der Waals surface area contributed by atoms with Crippen molar-refractivity contribution >= 4 is 5.97 Å². The van der Waals surface area contributed by atoms with Crippen LogP contribution in [-0.2, 0) is 9.53 Å². The van der Waals surface area contributed by atoms with E-state index in [4.69, 9.17) is 4.74 Å². The molecule has 0 N–H and O–H groups in total. The van der Waals surface area contributed by atoms with Crippen LogP contribution in [0, 0.1) is 11.3 Å². The molecule has 0 aromatic heterocycles. The van der Waals surface area contributed by atoms with E-state index in [1.165, 1.54) is 0 Å². The second kappa shape index (κ2) is 5.94. The summed E-state index contributed by atoms with van der Waals surface area (Å²) in [7, 11) is 0. The molecule has 0 aliphatic carbocycles. The van der Waals surface area contributed by atoms with Crippen LogP contribution in [0.3, 0.4) is 0 Å². The third-order valence-corrected chi connectivity index (χ3v) is 2.34. The highest BCUT2D eigenvalue weighted by atomic mass is 16.5. The lowest BCUT2D eigenvalue weighted by molar-refractivity contribution is -0.142. The largest absolute Gasteiger partial charge is 0.462 e. The van der Waals surface area contributed by atoms with Gasteiger partial charge in [0.05, 0.1) is 6.61 Å². The monoisotopic (exact) mass is 212 g/mol. The van der Waals surface area contributed by atoms with Crippen LogP contribution >= 0.6 is 0 Å². The molecule has 0 amide bonds. The normalized spacial score (nSPS) is 11.6. The molecular weight excluding hydrogens is 188 g/mol. The first-order valence-corrected chi connectivity index (χ1v) is 5.57. The maximum Gasteiger partial charge on any atom is 0.333 e. The van der Waals surface area contributed by atoms with E-state index in [-0.39, 0.29) is 11.4 Å². The molecule has 0 aliphatic heterocycles. The van der Waals surface area contributed by atoms with Gasteiger partial charge in [0.1, 0.15) is 0 Å². The maximum atomic E-state index is 11.2. The number of carbonyl (C=O) groups excluding carboxylic acids is 1. The molecule has 0 aromatic rings. The Hall–Kier alpha value is -0.790. The predicted octanol–water partition coefficient (Wildman–Crippen LogP) is 3.57. The summed E-state index contributed by atoms with van der Waals surface area (Å²) in [5, 5.41) is 0. The Morgan fingerprint density at radius 3 is 2.33 bits per heavy atom. The lowest BCUT2D eigenvalue weighted by Gasteiger charge is -2.25. The molecule has 0 heterocycles. The van der Waals surface area contributed by atoms with Crippen LogP contribution in [0.4, 0.5) is 0 Å². The van der Waals surface area contributed by atoms with Crippen molar-refractivity contribution in [3.63, 3.8) is 0 Å². The van der Waals surface area contributed by atoms with Gasteiger partial charge in [-0.1, -0.05) is 40.7 Å². The molecule has 0 spiro atoms. The molecule has 0 rings (SSSR count). The molecule has 0 bridgehead atoms. The first-order valence-electron chi connectivity index (χ1n) is 5.57. The van der Waals surface area contributed by atoms with Crippen LogP contribution in [0.15, 0.2) is 12.2 Å². The topological polar surface area (TPSA) is 26.3 Å². The Kier molecular flexibility index (Phi) is 5.63. The number of rotatable bonds is 6. The van der Waals surface area contributed by atoms with Gasteiger partial charge in [-0.2, -0.15) is 0 Å². The summed E-state index contributed by atoms with van der Waals surface area (Å²) < 4.78 is 5.16. The van der Waals surface area contributed by atoms with Gasteiger partial charge in [0.15, 0.2) is 0 Å². The molecule has 0 saturated heterocycles. The predicted molar refractivity (Wildman–Crippen MR) is 63.6 cm³/mol. The van der Waals surface area contributed by atoms with E-state index in [0.717, 1.165) is 12.8 Å². The van der Waals surface area contributed by atoms with Crippen LogP contribution in [0.5, 0.6) is 0 Å². The SMILES string of the molecule is C=C(C)C(=O)OCC(C)(C)CCC(C)C. The molecule has 0 aliphatic rings. The lowest BCUT2D eigenvalue weighted by Crippen LogP contribution is -2.22. The van der Waals surface area contributed by atoms with E-state index in [0.29, 0.717) is 18.1 Å². The maximum absolute atomic E-state index is 11.2. The van der Waals surface area contributed by atoms with Crippen molar-refractivity contribution in [1.29, 1.82) is 0 Å². The summed E-state index contributed by atoms with van der Waals surface area (Å²) in [6.07, 6.45) is 2.24. The molecule has 0 radical (unpaired) electrons. The molecule has 2 heteroatoms. The van der Waals surface area contributed by atoms with Crippen LogP contribution < -0.4 is 0 Å². The number of carbonyl (C=O) groups is 1. The van der Waals surface area contributed by atoms with E-state index >= 15 is 0 Å². The highest BCUT2D eigenvalue weighted by Crippen LogP contribution is 2.25. The molecular formula is C13H24O2. The van der Waals surface area contributed by atoms with Gasteiger partial charge in [-0.3, -0.25) is 0 Å². The minimum atomic E-state index is -0.285. The Morgan fingerprint density at radius 2 is 1.93 bits per heavy atom. The van der Waals surface area contributed by atoms with E-state index in [2.05, 4.69) is 34.3 Å². The minimum absolute atomic E-state index is 0.0649. The zero-order chi connectivity index (χ0) is 12.1. The average molecular weight is 212 g/mol. The van der Waals surface area contributed by atoms with Crippen molar-refractivity contribution in [2.75, 3.05) is 6.61 Å². The van der Waals surface area contributed by atoms with Crippen molar-refractivity contribution in [2.24, 2.45) is 11.3 Å². The van der Waals surface area contributed by atoms with Gasteiger partial charge in [-0.05, 0) is 24.7 Å². The fraction of sp³-hybridized carbons (Fsp3) is 0.769. The molecule has 88 valence electrons. The second-order valence-electron chi connectivity index (χ2n) is 5.45. The first-order chi connectivity index (χ1) is 6.74. The highest BCUT2D eigenvalue weighted by molar-refractivity contribution is 5.86. The molecule has 0 saturated carbocycles. The molecule has 0 atom stereocenters. The Morgan fingerprint density at radius 1 is 1.40 bits per heavy atom. The zero-order valence-electron chi connectivity index (χ0n) is 10.7. The molecule has 2 nitrogen and oxygen atoms in total. The third kappa shape index (κ3) is 7.18. The van der Waals surface area contributed by atoms with Gasteiger partial charge in [0.25, 0.3) is 0 Å².